The van der Waals surface area contributed by atoms with Crippen LogP contribution >= 0.6 is 0 Å². The van der Waals surface area contributed by atoms with Gasteiger partial charge in [0.2, 0.25) is 0 Å². The fourth-order valence-corrected chi connectivity index (χ4v) is 1.96. The second-order valence-corrected chi connectivity index (χ2v) is 3.78. The summed E-state index contributed by atoms with van der Waals surface area (Å²) in [6, 6.07) is 8.68. The van der Waals surface area contributed by atoms with Crippen LogP contribution in [0.4, 0.5) is 0 Å². The molecule has 0 bridgehead atoms. The molecule has 0 amide bonds. The van der Waals surface area contributed by atoms with Gasteiger partial charge in [-0.05, 0) is 18.9 Å². The summed E-state index contributed by atoms with van der Waals surface area (Å²) in [5.74, 6) is 1.02. The van der Waals surface area contributed by atoms with E-state index in [9.17, 15) is 0 Å². The second-order valence-electron chi connectivity index (χ2n) is 3.78. The first-order valence-electron chi connectivity index (χ1n) is 5.48. The van der Waals surface area contributed by atoms with Gasteiger partial charge in [0.1, 0.15) is 5.75 Å². The van der Waals surface area contributed by atoms with Crippen molar-refractivity contribution < 1.29 is 4.74 Å². The van der Waals surface area contributed by atoms with E-state index in [1.54, 1.807) is 0 Å². The number of fused-ring (bicyclic) bond motifs is 1. The van der Waals surface area contributed by atoms with Crippen LogP contribution in [0.15, 0.2) is 36.9 Å². The lowest BCUT2D eigenvalue weighted by Crippen LogP contribution is -2.20. The molecule has 1 N–H and O–H groups in total. The largest absolute Gasteiger partial charge is 0.493 e. The Labute approximate surface area is 91.0 Å². The lowest BCUT2D eigenvalue weighted by Gasteiger charge is -2.17. The molecular weight excluding hydrogens is 186 g/mol. The van der Waals surface area contributed by atoms with Crippen LogP contribution in [0, 0.1) is 0 Å². The van der Waals surface area contributed by atoms with E-state index in [1.807, 2.05) is 18.2 Å². The topological polar surface area (TPSA) is 21.3 Å². The Morgan fingerprint density at radius 1 is 1.47 bits per heavy atom. The summed E-state index contributed by atoms with van der Waals surface area (Å²) in [6.45, 7) is 5.40. The Bertz CT molecular complexity index is 335. The molecule has 0 unspecified atom stereocenters. The van der Waals surface area contributed by atoms with E-state index in [1.165, 1.54) is 5.56 Å². The van der Waals surface area contributed by atoms with Crippen LogP contribution in [0.25, 0.3) is 0 Å². The molecule has 0 aliphatic carbocycles. The zero-order valence-corrected chi connectivity index (χ0v) is 8.91. The van der Waals surface area contributed by atoms with Gasteiger partial charge < -0.3 is 10.1 Å². The van der Waals surface area contributed by atoms with Crippen LogP contribution in [0.2, 0.25) is 0 Å². The van der Waals surface area contributed by atoms with Crippen molar-refractivity contribution in [3.05, 3.63) is 42.5 Å². The maximum Gasteiger partial charge on any atom is 0.124 e. The number of hydrogen-bond donors (Lipinski definition) is 1. The predicted octanol–water partition coefficient (Wildman–Crippen LogP) is 2.68. The van der Waals surface area contributed by atoms with Gasteiger partial charge in [-0.3, -0.25) is 0 Å². The van der Waals surface area contributed by atoms with Crippen LogP contribution in [-0.2, 0) is 0 Å². The molecule has 0 saturated heterocycles. The van der Waals surface area contributed by atoms with Crippen molar-refractivity contribution in [2.24, 2.45) is 0 Å². The van der Waals surface area contributed by atoms with Crippen molar-refractivity contribution in [2.75, 3.05) is 13.2 Å². The van der Waals surface area contributed by atoms with E-state index in [0.717, 1.165) is 31.7 Å². The Hall–Kier alpha value is -1.28. The van der Waals surface area contributed by atoms with E-state index >= 15 is 0 Å². The van der Waals surface area contributed by atoms with Gasteiger partial charge in [-0.25, -0.2) is 0 Å². The minimum Gasteiger partial charge on any atom is -0.493 e. The number of rotatable bonds is 3. The summed E-state index contributed by atoms with van der Waals surface area (Å²) >= 11 is 0. The van der Waals surface area contributed by atoms with E-state index in [0.29, 0.717) is 6.04 Å². The molecule has 1 aliphatic heterocycles. The molecule has 15 heavy (non-hydrogen) atoms. The zero-order chi connectivity index (χ0) is 10.5. The minimum absolute atomic E-state index is 0.404. The van der Waals surface area contributed by atoms with Crippen molar-refractivity contribution >= 4 is 0 Å². The first kappa shape index (κ1) is 10.2. The Morgan fingerprint density at radius 3 is 3.20 bits per heavy atom. The maximum absolute atomic E-state index is 5.69. The molecule has 2 nitrogen and oxygen atoms in total. The van der Waals surface area contributed by atoms with Gasteiger partial charge in [-0.2, -0.15) is 0 Å². The third-order valence-electron chi connectivity index (χ3n) is 2.70. The number of nitrogens with one attached hydrogen (secondary N) is 1. The SMILES string of the molecule is C=CCN[C@@H]1CCCOc2ccccc21. The molecule has 1 aromatic carbocycles. The zero-order valence-electron chi connectivity index (χ0n) is 8.91. The van der Waals surface area contributed by atoms with Crippen LogP contribution in [0.3, 0.4) is 0 Å². The van der Waals surface area contributed by atoms with Crippen molar-refractivity contribution in [1.82, 2.24) is 5.32 Å². The predicted molar refractivity (Wildman–Crippen MR) is 62.1 cm³/mol. The molecule has 2 heteroatoms. The summed E-state index contributed by atoms with van der Waals surface area (Å²) < 4.78 is 5.69. The molecule has 1 aliphatic rings. The summed E-state index contributed by atoms with van der Waals surface area (Å²) in [5, 5.41) is 3.47. The average molecular weight is 203 g/mol. The second kappa shape index (κ2) is 4.99. The summed E-state index contributed by atoms with van der Waals surface area (Å²) in [4.78, 5) is 0. The molecular formula is C13H17NO. The Balaban J connectivity index is 2.20. The van der Waals surface area contributed by atoms with Crippen molar-refractivity contribution in [1.29, 1.82) is 0 Å². The fourth-order valence-electron chi connectivity index (χ4n) is 1.96. The van der Waals surface area contributed by atoms with E-state index < -0.39 is 0 Å². The van der Waals surface area contributed by atoms with E-state index in [4.69, 9.17) is 4.74 Å². The van der Waals surface area contributed by atoms with Gasteiger partial charge in [-0.15, -0.1) is 6.58 Å². The van der Waals surface area contributed by atoms with Gasteiger partial charge in [0, 0.05) is 18.2 Å². The third-order valence-corrected chi connectivity index (χ3v) is 2.70. The number of para-hydroxylation sites is 1. The fraction of sp³-hybridized carbons (Fsp3) is 0.385. The first-order chi connectivity index (χ1) is 7.42. The first-order valence-corrected chi connectivity index (χ1v) is 5.48. The smallest absolute Gasteiger partial charge is 0.124 e. The maximum atomic E-state index is 5.69. The monoisotopic (exact) mass is 203 g/mol. The molecule has 80 valence electrons. The van der Waals surface area contributed by atoms with E-state index in [-0.39, 0.29) is 0 Å². The molecule has 1 atom stereocenters. The quantitative estimate of drug-likeness (QED) is 0.763. The normalized spacial score (nSPS) is 19.9. The lowest BCUT2D eigenvalue weighted by atomic mass is 10.0. The summed E-state index contributed by atoms with van der Waals surface area (Å²) in [7, 11) is 0. The standard InChI is InChI=1S/C13H17NO/c1-2-9-14-12-7-5-10-15-13-8-4-3-6-11(12)13/h2-4,6,8,12,14H,1,5,7,9-10H2/t12-/m1/s1. The molecule has 0 saturated carbocycles. The van der Waals surface area contributed by atoms with Gasteiger partial charge >= 0.3 is 0 Å². The Morgan fingerprint density at radius 2 is 2.33 bits per heavy atom. The van der Waals surface area contributed by atoms with Crippen LogP contribution < -0.4 is 10.1 Å². The number of hydrogen-bond acceptors (Lipinski definition) is 2. The molecule has 0 radical (unpaired) electrons. The molecule has 1 aromatic rings. The van der Waals surface area contributed by atoms with Crippen LogP contribution in [-0.4, -0.2) is 13.2 Å². The van der Waals surface area contributed by atoms with Gasteiger partial charge in [-0.1, -0.05) is 24.3 Å². The highest BCUT2D eigenvalue weighted by Crippen LogP contribution is 2.30. The molecule has 0 aromatic heterocycles. The van der Waals surface area contributed by atoms with Crippen LogP contribution in [0.5, 0.6) is 5.75 Å². The summed E-state index contributed by atoms with van der Waals surface area (Å²) in [6.07, 6.45) is 4.13. The Kier molecular flexibility index (Phi) is 3.41. The van der Waals surface area contributed by atoms with Crippen molar-refractivity contribution in [3.8, 4) is 5.75 Å². The van der Waals surface area contributed by atoms with Gasteiger partial charge in [0.15, 0.2) is 0 Å². The highest BCUT2D eigenvalue weighted by molar-refractivity contribution is 5.36. The molecule has 1 heterocycles. The summed E-state index contributed by atoms with van der Waals surface area (Å²) in [5.41, 5.74) is 1.27. The van der Waals surface area contributed by atoms with Gasteiger partial charge in [0.25, 0.3) is 0 Å². The van der Waals surface area contributed by atoms with Crippen molar-refractivity contribution in [3.63, 3.8) is 0 Å². The molecule has 0 fully saturated rings. The minimum atomic E-state index is 0.404. The van der Waals surface area contributed by atoms with Crippen molar-refractivity contribution in [2.45, 2.75) is 18.9 Å². The van der Waals surface area contributed by atoms with Gasteiger partial charge in [0.05, 0.1) is 6.61 Å². The number of benzene rings is 1. The average Bonchev–Trinajstić information content (AvgIpc) is 2.49. The highest BCUT2D eigenvalue weighted by atomic mass is 16.5. The van der Waals surface area contributed by atoms with Crippen LogP contribution in [0.1, 0.15) is 24.4 Å². The highest BCUT2D eigenvalue weighted by Gasteiger charge is 2.17. The number of ether oxygens (including phenoxy) is 1. The molecule has 2 rings (SSSR count). The lowest BCUT2D eigenvalue weighted by molar-refractivity contribution is 0.315. The third kappa shape index (κ3) is 2.39. The van der Waals surface area contributed by atoms with E-state index in [2.05, 4.69) is 24.0 Å². The molecule has 0 spiro atoms.